The van der Waals surface area contributed by atoms with Crippen molar-refractivity contribution in [3.63, 3.8) is 0 Å². The Morgan fingerprint density at radius 2 is 2.20 bits per heavy atom. The summed E-state index contributed by atoms with van der Waals surface area (Å²) in [5.41, 5.74) is 0.0614. The van der Waals surface area contributed by atoms with Crippen molar-refractivity contribution in [2.75, 3.05) is 26.1 Å². The molecule has 0 saturated carbocycles. The number of benzene rings is 1. The van der Waals surface area contributed by atoms with E-state index in [2.05, 4.69) is 10.6 Å². The summed E-state index contributed by atoms with van der Waals surface area (Å²) in [5.74, 6) is -0.442. The van der Waals surface area contributed by atoms with Crippen molar-refractivity contribution in [1.29, 1.82) is 0 Å². The van der Waals surface area contributed by atoms with Gasteiger partial charge in [-0.1, -0.05) is 11.6 Å². The van der Waals surface area contributed by atoms with E-state index >= 15 is 0 Å². The van der Waals surface area contributed by atoms with Crippen LogP contribution in [0, 0.1) is 10.1 Å². The van der Waals surface area contributed by atoms with E-state index in [0.29, 0.717) is 6.61 Å². The van der Waals surface area contributed by atoms with E-state index < -0.39 is 10.8 Å². The summed E-state index contributed by atoms with van der Waals surface area (Å²) >= 11 is 5.95. The number of amides is 1. The van der Waals surface area contributed by atoms with Gasteiger partial charge in [-0.2, -0.15) is 0 Å². The summed E-state index contributed by atoms with van der Waals surface area (Å²) < 4.78 is 4.90. The number of nitro groups is 1. The number of hydrogen-bond acceptors (Lipinski definition) is 5. The van der Waals surface area contributed by atoms with Gasteiger partial charge in [-0.15, -0.1) is 0 Å². The molecular weight excluding hydrogens is 286 g/mol. The van der Waals surface area contributed by atoms with Crippen LogP contribution in [-0.2, 0) is 4.74 Å². The lowest BCUT2D eigenvalue weighted by Gasteiger charge is -2.13. The Hall–Kier alpha value is -1.86. The molecule has 2 N–H and O–H groups in total. The number of nitrogens with one attached hydrogen (secondary N) is 2. The average molecular weight is 302 g/mol. The number of ether oxygens (including phenoxy) is 1. The molecule has 7 nitrogen and oxygen atoms in total. The molecule has 0 aliphatic heterocycles. The second kappa shape index (κ2) is 7.06. The first-order valence-corrected chi connectivity index (χ1v) is 6.24. The smallest absolute Gasteiger partial charge is 0.294 e. The summed E-state index contributed by atoms with van der Waals surface area (Å²) in [6, 6.07) is 2.36. The third-order valence-electron chi connectivity index (χ3n) is 2.57. The van der Waals surface area contributed by atoms with Gasteiger partial charge in [-0.25, -0.2) is 0 Å². The molecule has 1 amide bonds. The lowest BCUT2D eigenvalue weighted by Crippen LogP contribution is -2.35. The maximum atomic E-state index is 12.0. The maximum absolute atomic E-state index is 12.0. The zero-order valence-corrected chi connectivity index (χ0v) is 12.2. The topological polar surface area (TPSA) is 93.5 Å². The van der Waals surface area contributed by atoms with E-state index in [1.165, 1.54) is 26.3 Å². The molecule has 110 valence electrons. The largest absolute Gasteiger partial charge is 0.383 e. The minimum Gasteiger partial charge on any atom is -0.383 e. The first-order chi connectivity index (χ1) is 9.40. The van der Waals surface area contributed by atoms with Crippen LogP contribution in [0.2, 0.25) is 5.02 Å². The number of nitro benzene ring substituents is 1. The van der Waals surface area contributed by atoms with Crippen molar-refractivity contribution in [2.45, 2.75) is 13.0 Å². The number of carbonyl (C=O) groups excluding carboxylic acids is 1. The van der Waals surface area contributed by atoms with Crippen LogP contribution >= 0.6 is 11.6 Å². The molecule has 8 heteroatoms. The summed E-state index contributed by atoms with van der Waals surface area (Å²) in [6.07, 6.45) is 0. The molecule has 0 bridgehead atoms. The molecule has 0 fully saturated rings. The Kier molecular flexibility index (Phi) is 5.72. The van der Waals surface area contributed by atoms with Crippen molar-refractivity contribution in [3.05, 3.63) is 32.8 Å². The maximum Gasteiger partial charge on any atom is 0.294 e. The van der Waals surface area contributed by atoms with E-state index in [1.54, 1.807) is 6.92 Å². The Morgan fingerprint density at radius 3 is 2.70 bits per heavy atom. The average Bonchev–Trinajstić information content (AvgIpc) is 2.37. The van der Waals surface area contributed by atoms with Gasteiger partial charge < -0.3 is 15.4 Å². The normalized spacial score (nSPS) is 11.8. The molecule has 0 saturated heterocycles. The van der Waals surface area contributed by atoms with Crippen molar-refractivity contribution >= 4 is 28.9 Å². The minimum atomic E-state index is -0.590. The third kappa shape index (κ3) is 3.82. The van der Waals surface area contributed by atoms with Crippen LogP contribution in [0.1, 0.15) is 17.3 Å². The number of methoxy groups -OCH3 is 1. The number of rotatable bonds is 6. The first-order valence-electron chi connectivity index (χ1n) is 5.86. The molecule has 0 radical (unpaired) electrons. The third-order valence-corrected chi connectivity index (χ3v) is 2.87. The van der Waals surface area contributed by atoms with Crippen LogP contribution in [0.3, 0.4) is 0 Å². The fourth-order valence-corrected chi connectivity index (χ4v) is 2.02. The van der Waals surface area contributed by atoms with Gasteiger partial charge in [0.15, 0.2) is 0 Å². The highest BCUT2D eigenvalue weighted by atomic mass is 35.5. The summed E-state index contributed by atoms with van der Waals surface area (Å²) in [6.45, 7) is 2.11. The highest BCUT2D eigenvalue weighted by molar-refractivity contribution is 6.34. The highest BCUT2D eigenvalue weighted by Crippen LogP contribution is 2.33. The SMILES string of the molecule is CNc1c(Cl)cc(C(=O)NC(C)COC)cc1[N+](=O)[O-]. The quantitative estimate of drug-likeness (QED) is 0.619. The highest BCUT2D eigenvalue weighted by Gasteiger charge is 2.21. The summed E-state index contributed by atoms with van der Waals surface area (Å²) in [4.78, 5) is 22.4. The summed E-state index contributed by atoms with van der Waals surface area (Å²) in [7, 11) is 3.04. The molecule has 0 aliphatic carbocycles. The van der Waals surface area contributed by atoms with Crippen LogP contribution in [0.4, 0.5) is 11.4 Å². The monoisotopic (exact) mass is 301 g/mol. The van der Waals surface area contributed by atoms with Crippen molar-refractivity contribution in [1.82, 2.24) is 5.32 Å². The van der Waals surface area contributed by atoms with E-state index in [1.807, 2.05) is 0 Å². The van der Waals surface area contributed by atoms with Gasteiger partial charge in [0.1, 0.15) is 5.69 Å². The molecule has 0 aromatic heterocycles. The van der Waals surface area contributed by atoms with Gasteiger partial charge in [-0.05, 0) is 13.0 Å². The minimum absolute atomic E-state index is 0.117. The lowest BCUT2D eigenvalue weighted by molar-refractivity contribution is -0.383. The number of anilines is 1. The molecule has 20 heavy (non-hydrogen) atoms. The summed E-state index contributed by atoms with van der Waals surface area (Å²) in [5, 5.41) is 16.4. The molecule has 0 aliphatic rings. The Bertz CT molecular complexity index is 522. The standard InChI is InChI=1S/C12H16ClN3O4/c1-7(6-20-3)15-12(17)8-4-9(13)11(14-2)10(5-8)16(18)19/h4-5,7,14H,6H2,1-3H3,(H,15,17). The van der Waals surface area contributed by atoms with Crippen LogP contribution in [0.5, 0.6) is 0 Å². The van der Waals surface area contributed by atoms with Crippen molar-refractivity contribution in [3.8, 4) is 0 Å². The van der Waals surface area contributed by atoms with E-state index in [-0.39, 0.29) is 28.0 Å². The van der Waals surface area contributed by atoms with E-state index in [4.69, 9.17) is 16.3 Å². The number of hydrogen-bond donors (Lipinski definition) is 2. The molecule has 1 aromatic rings. The molecule has 1 aromatic carbocycles. The molecule has 0 heterocycles. The van der Waals surface area contributed by atoms with Gasteiger partial charge in [0, 0.05) is 31.8 Å². The zero-order chi connectivity index (χ0) is 15.3. The number of carbonyl (C=O) groups is 1. The fourth-order valence-electron chi connectivity index (χ4n) is 1.71. The van der Waals surface area contributed by atoms with Crippen LogP contribution in [-0.4, -0.2) is 37.6 Å². The Morgan fingerprint density at radius 1 is 1.55 bits per heavy atom. The van der Waals surface area contributed by atoms with Gasteiger partial charge in [-0.3, -0.25) is 14.9 Å². The predicted molar refractivity (Wildman–Crippen MR) is 76.5 cm³/mol. The lowest BCUT2D eigenvalue weighted by atomic mass is 10.1. The Balaban J connectivity index is 3.08. The Labute approximate surface area is 121 Å². The molecule has 1 unspecified atom stereocenters. The van der Waals surface area contributed by atoms with Gasteiger partial charge in [0.05, 0.1) is 16.6 Å². The molecule has 1 atom stereocenters. The van der Waals surface area contributed by atoms with E-state index in [9.17, 15) is 14.9 Å². The van der Waals surface area contributed by atoms with Crippen LogP contribution in [0.15, 0.2) is 12.1 Å². The molecule has 1 rings (SSSR count). The second-order valence-electron chi connectivity index (χ2n) is 4.19. The van der Waals surface area contributed by atoms with Crippen molar-refractivity contribution < 1.29 is 14.5 Å². The van der Waals surface area contributed by atoms with Crippen LogP contribution in [0.25, 0.3) is 0 Å². The fraction of sp³-hybridized carbons (Fsp3) is 0.417. The van der Waals surface area contributed by atoms with Crippen LogP contribution < -0.4 is 10.6 Å². The number of nitrogens with zero attached hydrogens (tertiary/aromatic N) is 1. The van der Waals surface area contributed by atoms with Gasteiger partial charge >= 0.3 is 0 Å². The molecular formula is C12H16ClN3O4. The molecule has 0 spiro atoms. The van der Waals surface area contributed by atoms with Crippen molar-refractivity contribution in [2.24, 2.45) is 0 Å². The van der Waals surface area contributed by atoms with E-state index in [0.717, 1.165) is 0 Å². The number of halogens is 1. The second-order valence-corrected chi connectivity index (χ2v) is 4.60. The zero-order valence-electron chi connectivity index (χ0n) is 11.4. The van der Waals surface area contributed by atoms with Gasteiger partial charge in [0.2, 0.25) is 0 Å². The first kappa shape index (κ1) is 16.2. The predicted octanol–water partition coefficient (Wildman–Crippen LogP) is 2.05. The van der Waals surface area contributed by atoms with Gasteiger partial charge in [0.25, 0.3) is 11.6 Å².